The minimum absolute atomic E-state index is 0.0980. The van der Waals surface area contributed by atoms with Gasteiger partial charge in [0.25, 0.3) is 0 Å². The zero-order valence-corrected chi connectivity index (χ0v) is 14.9. The first-order chi connectivity index (χ1) is 10.9. The molecule has 2 atom stereocenters. The maximum absolute atomic E-state index is 13.5. The summed E-state index contributed by atoms with van der Waals surface area (Å²) in [6.07, 6.45) is 0.366. The number of amides is 1. The van der Waals surface area contributed by atoms with Crippen LogP contribution in [0, 0.1) is 5.41 Å². The summed E-state index contributed by atoms with van der Waals surface area (Å²) in [5.41, 5.74) is -1.72. The normalized spacial score (nSPS) is 31.0. The van der Waals surface area contributed by atoms with Crippen LogP contribution in [-0.2, 0) is 9.59 Å². The quantitative estimate of drug-likeness (QED) is 0.824. The Morgan fingerprint density at radius 1 is 1.17 bits per heavy atom. The zero-order valence-electron chi connectivity index (χ0n) is 14.9. The summed E-state index contributed by atoms with van der Waals surface area (Å²) >= 11 is 0. The van der Waals surface area contributed by atoms with Gasteiger partial charge in [0.2, 0.25) is 11.8 Å². The summed E-state index contributed by atoms with van der Waals surface area (Å²) in [5.74, 6) is -3.71. The number of carboxylic acid groups (broad SMARTS) is 1. The van der Waals surface area contributed by atoms with Crippen molar-refractivity contribution in [3.05, 3.63) is 0 Å². The molecule has 0 radical (unpaired) electrons. The van der Waals surface area contributed by atoms with Gasteiger partial charge in [-0.2, -0.15) is 0 Å². The van der Waals surface area contributed by atoms with Crippen LogP contribution in [0.3, 0.4) is 0 Å². The van der Waals surface area contributed by atoms with E-state index in [1.807, 2.05) is 0 Å². The first-order valence-electron chi connectivity index (χ1n) is 8.55. The van der Waals surface area contributed by atoms with Gasteiger partial charge in [-0.15, -0.1) is 0 Å². The van der Waals surface area contributed by atoms with Gasteiger partial charge in [-0.3, -0.25) is 14.9 Å². The summed E-state index contributed by atoms with van der Waals surface area (Å²) in [7, 11) is 0. The predicted octanol–water partition coefficient (Wildman–Crippen LogP) is 2.64. The van der Waals surface area contributed by atoms with E-state index in [9.17, 15) is 23.5 Å². The smallest absolute Gasteiger partial charge is 0.323 e. The molecule has 24 heavy (non-hydrogen) atoms. The molecule has 2 fully saturated rings. The fourth-order valence-corrected chi connectivity index (χ4v) is 3.64. The highest BCUT2D eigenvalue weighted by Crippen LogP contribution is 2.38. The van der Waals surface area contributed by atoms with Crippen LogP contribution in [0.5, 0.6) is 0 Å². The molecule has 2 N–H and O–H groups in total. The molecule has 1 amide bonds. The van der Waals surface area contributed by atoms with Crippen molar-refractivity contribution in [1.29, 1.82) is 0 Å². The Bertz CT molecular complexity index is 508. The molecule has 2 aliphatic rings. The molecule has 1 aliphatic heterocycles. The Balaban J connectivity index is 2.22. The van der Waals surface area contributed by atoms with E-state index < -0.39 is 22.8 Å². The van der Waals surface area contributed by atoms with E-state index in [0.29, 0.717) is 6.54 Å². The second-order valence-electron chi connectivity index (χ2n) is 8.43. The second kappa shape index (κ2) is 6.24. The third-order valence-electron chi connectivity index (χ3n) is 5.19. The Labute approximate surface area is 141 Å². The average molecular weight is 346 g/mol. The van der Waals surface area contributed by atoms with Crippen molar-refractivity contribution in [2.45, 2.75) is 83.3 Å². The van der Waals surface area contributed by atoms with Crippen molar-refractivity contribution in [3.63, 3.8) is 0 Å². The van der Waals surface area contributed by atoms with Gasteiger partial charge in [0, 0.05) is 36.9 Å². The summed E-state index contributed by atoms with van der Waals surface area (Å²) in [4.78, 5) is 26.1. The number of aliphatic carboxylic acids is 1. The number of nitrogens with one attached hydrogen (secondary N) is 1. The van der Waals surface area contributed by atoms with E-state index >= 15 is 0 Å². The molecular weight excluding hydrogens is 318 g/mol. The lowest BCUT2D eigenvalue weighted by Crippen LogP contribution is -2.54. The van der Waals surface area contributed by atoms with Crippen molar-refractivity contribution in [2.75, 3.05) is 6.54 Å². The highest BCUT2D eigenvalue weighted by atomic mass is 19.3. The third kappa shape index (κ3) is 3.87. The fourth-order valence-electron chi connectivity index (χ4n) is 3.64. The number of carbonyl (C=O) groups excluding carboxylic acids is 1. The van der Waals surface area contributed by atoms with Gasteiger partial charge in [-0.1, -0.05) is 20.8 Å². The second-order valence-corrected chi connectivity index (χ2v) is 8.43. The molecule has 0 aromatic carbocycles. The predicted molar refractivity (Wildman–Crippen MR) is 86.0 cm³/mol. The van der Waals surface area contributed by atoms with Crippen LogP contribution >= 0.6 is 0 Å². The van der Waals surface area contributed by atoms with Gasteiger partial charge in [-0.25, -0.2) is 8.78 Å². The van der Waals surface area contributed by atoms with Crippen molar-refractivity contribution in [1.82, 2.24) is 10.2 Å². The van der Waals surface area contributed by atoms with Crippen LogP contribution < -0.4 is 5.32 Å². The number of rotatable bonds is 3. The number of hydrogen-bond acceptors (Lipinski definition) is 3. The number of carbonyl (C=O) groups is 2. The van der Waals surface area contributed by atoms with Crippen molar-refractivity contribution in [2.24, 2.45) is 5.41 Å². The highest BCUT2D eigenvalue weighted by molar-refractivity contribution is 5.83. The van der Waals surface area contributed by atoms with Gasteiger partial charge in [0.05, 0.1) is 0 Å². The molecule has 0 bridgehead atoms. The van der Waals surface area contributed by atoms with Crippen molar-refractivity contribution >= 4 is 11.9 Å². The maximum atomic E-state index is 13.5. The Morgan fingerprint density at radius 3 is 2.12 bits per heavy atom. The zero-order chi connectivity index (χ0) is 18.3. The van der Waals surface area contributed by atoms with Gasteiger partial charge in [-0.05, 0) is 26.2 Å². The van der Waals surface area contributed by atoms with E-state index in [4.69, 9.17) is 0 Å². The highest BCUT2D eigenvalue weighted by Gasteiger charge is 2.48. The molecule has 1 heterocycles. The molecular formula is C17H28F2N2O3. The molecule has 1 aliphatic carbocycles. The molecule has 0 spiro atoms. The van der Waals surface area contributed by atoms with Crippen molar-refractivity contribution in [3.8, 4) is 0 Å². The van der Waals surface area contributed by atoms with Crippen LogP contribution in [0.15, 0.2) is 0 Å². The molecule has 7 heteroatoms. The monoisotopic (exact) mass is 346 g/mol. The largest absolute Gasteiger partial charge is 0.480 e. The van der Waals surface area contributed by atoms with Crippen LogP contribution in [0.25, 0.3) is 0 Å². The minimum Gasteiger partial charge on any atom is -0.480 e. The molecule has 0 aromatic rings. The van der Waals surface area contributed by atoms with Crippen LogP contribution in [0.1, 0.15) is 59.8 Å². The van der Waals surface area contributed by atoms with Gasteiger partial charge >= 0.3 is 5.97 Å². The molecule has 5 nitrogen and oxygen atoms in total. The van der Waals surface area contributed by atoms with E-state index in [1.54, 1.807) is 32.6 Å². The number of nitrogens with zero attached hydrogens (tertiary/aromatic N) is 1. The van der Waals surface area contributed by atoms with Crippen molar-refractivity contribution < 1.29 is 23.5 Å². The van der Waals surface area contributed by atoms with E-state index in [2.05, 4.69) is 5.32 Å². The average Bonchev–Trinajstić information content (AvgIpc) is 2.83. The standard InChI is InChI=1S/C17H28F2N2O3/c1-15(2,3)13(22)21(11-5-7-17(18,19)8-6-11)12-9-16(4,14(23)24)20-10-12/h11-12,20H,5-10H2,1-4H3,(H,23,24)/t12-,16-/m0/s1. The molecule has 1 saturated heterocycles. The number of carboxylic acids is 1. The Morgan fingerprint density at radius 2 is 1.71 bits per heavy atom. The Hall–Kier alpha value is -1.24. The number of alkyl halides is 2. The topological polar surface area (TPSA) is 69.6 Å². The summed E-state index contributed by atoms with van der Waals surface area (Å²) in [6.45, 7) is 7.39. The van der Waals surface area contributed by atoms with Crippen LogP contribution in [-0.4, -0.2) is 52.0 Å². The summed E-state index contributed by atoms with van der Waals surface area (Å²) in [6, 6.07) is -0.533. The number of hydrogen-bond donors (Lipinski definition) is 2. The lowest BCUT2D eigenvalue weighted by atomic mass is 9.86. The third-order valence-corrected chi connectivity index (χ3v) is 5.19. The Kier molecular flexibility index (Phi) is 4.97. The minimum atomic E-state index is -2.66. The molecule has 0 unspecified atom stereocenters. The molecule has 1 saturated carbocycles. The van der Waals surface area contributed by atoms with E-state index in [-0.39, 0.29) is 50.1 Å². The van der Waals surface area contributed by atoms with E-state index in [0.717, 1.165) is 0 Å². The van der Waals surface area contributed by atoms with Gasteiger partial charge in [0.1, 0.15) is 5.54 Å². The van der Waals surface area contributed by atoms with Gasteiger partial charge < -0.3 is 10.0 Å². The van der Waals surface area contributed by atoms with Crippen LogP contribution in [0.4, 0.5) is 8.78 Å². The lowest BCUT2D eigenvalue weighted by Gasteiger charge is -2.43. The fraction of sp³-hybridized carbons (Fsp3) is 0.882. The number of halogens is 2. The molecule has 0 aromatic heterocycles. The summed E-state index contributed by atoms with van der Waals surface area (Å²) in [5, 5.41) is 12.4. The SMILES string of the molecule is CC(C)(C)C(=O)N(C1CCC(F)(F)CC1)[C@@H]1CN[C@](C)(C(=O)O)C1. The first-order valence-corrected chi connectivity index (χ1v) is 8.55. The maximum Gasteiger partial charge on any atom is 0.323 e. The molecule has 138 valence electrons. The molecule has 2 rings (SSSR count). The van der Waals surface area contributed by atoms with Gasteiger partial charge in [0.15, 0.2) is 0 Å². The van der Waals surface area contributed by atoms with Crippen LogP contribution in [0.2, 0.25) is 0 Å². The summed E-state index contributed by atoms with van der Waals surface area (Å²) < 4.78 is 27.0. The first kappa shape index (κ1) is 19.1. The van der Waals surface area contributed by atoms with E-state index in [1.165, 1.54) is 0 Å². The lowest BCUT2D eigenvalue weighted by molar-refractivity contribution is -0.149.